The van der Waals surface area contributed by atoms with Crippen molar-refractivity contribution in [1.82, 2.24) is 10.0 Å². The van der Waals surface area contributed by atoms with Crippen molar-refractivity contribution in [3.05, 3.63) is 28.8 Å². The molecule has 0 amide bonds. The second kappa shape index (κ2) is 8.19. The molecule has 0 fully saturated rings. The minimum atomic E-state index is -3.75. The Bertz CT molecular complexity index is 584. The number of rotatable bonds is 8. The number of sulfonamides is 1. The van der Waals surface area contributed by atoms with Crippen LogP contribution in [0.3, 0.4) is 0 Å². The van der Waals surface area contributed by atoms with Gasteiger partial charge < -0.3 is 10.1 Å². The Kier molecular flexibility index (Phi) is 6.91. The second-order valence-corrected chi connectivity index (χ2v) is 6.06. The summed E-state index contributed by atoms with van der Waals surface area (Å²) in [7, 11) is -2.16. The number of hydrogen-bond donors (Lipinski definition) is 2. The average molecular weight is 318 g/mol. The Balaban J connectivity index is 2.65. The molecule has 0 heterocycles. The van der Waals surface area contributed by atoms with Gasteiger partial charge >= 0.3 is 0 Å². The molecule has 0 unspecified atom stereocenters. The number of nitriles is 1. The zero-order chi connectivity index (χ0) is 15.0. The van der Waals surface area contributed by atoms with Crippen LogP contribution in [0.15, 0.2) is 23.1 Å². The van der Waals surface area contributed by atoms with Gasteiger partial charge in [0, 0.05) is 31.8 Å². The number of nitrogens with one attached hydrogen (secondary N) is 2. The zero-order valence-electron chi connectivity index (χ0n) is 11.0. The Morgan fingerprint density at radius 2 is 2.10 bits per heavy atom. The number of nitrogens with zero attached hydrogens (tertiary/aromatic N) is 1. The van der Waals surface area contributed by atoms with Gasteiger partial charge in [0.15, 0.2) is 0 Å². The van der Waals surface area contributed by atoms with Crippen LogP contribution in [0.25, 0.3) is 0 Å². The Labute approximate surface area is 123 Å². The van der Waals surface area contributed by atoms with E-state index in [4.69, 9.17) is 21.6 Å². The van der Waals surface area contributed by atoms with E-state index >= 15 is 0 Å². The summed E-state index contributed by atoms with van der Waals surface area (Å²) in [5, 5.41) is 12.2. The van der Waals surface area contributed by atoms with Crippen LogP contribution in [0.4, 0.5) is 0 Å². The first kappa shape index (κ1) is 16.9. The normalized spacial score (nSPS) is 11.2. The van der Waals surface area contributed by atoms with E-state index in [2.05, 4.69) is 10.0 Å². The molecule has 1 aromatic rings. The van der Waals surface area contributed by atoms with Crippen molar-refractivity contribution in [3.8, 4) is 6.07 Å². The fourth-order valence-electron chi connectivity index (χ4n) is 1.46. The van der Waals surface area contributed by atoms with Crippen LogP contribution >= 0.6 is 11.6 Å². The van der Waals surface area contributed by atoms with Crippen LogP contribution in [-0.2, 0) is 14.8 Å². The van der Waals surface area contributed by atoms with Gasteiger partial charge in [0.2, 0.25) is 10.0 Å². The van der Waals surface area contributed by atoms with Crippen molar-refractivity contribution in [2.75, 3.05) is 33.4 Å². The van der Waals surface area contributed by atoms with E-state index in [0.29, 0.717) is 19.7 Å². The highest BCUT2D eigenvalue weighted by Gasteiger charge is 2.18. The summed E-state index contributed by atoms with van der Waals surface area (Å²) in [6.07, 6.45) is 0. The molecular weight excluding hydrogens is 302 g/mol. The fraction of sp³-hybridized carbons (Fsp3) is 0.417. The highest BCUT2D eigenvalue weighted by Crippen LogP contribution is 2.19. The van der Waals surface area contributed by atoms with Crippen LogP contribution in [0, 0.1) is 11.3 Å². The molecule has 1 rings (SSSR count). The summed E-state index contributed by atoms with van der Waals surface area (Å²) >= 11 is 5.77. The van der Waals surface area contributed by atoms with Gasteiger partial charge in [-0.25, -0.2) is 13.1 Å². The molecule has 0 aliphatic heterocycles. The topological polar surface area (TPSA) is 91.2 Å². The monoisotopic (exact) mass is 317 g/mol. The SMILES string of the molecule is COCCNCCNS(=O)(=O)c1cc(Cl)ccc1C#N. The highest BCUT2D eigenvalue weighted by atomic mass is 35.5. The van der Waals surface area contributed by atoms with E-state index in [9.17, 15) is 8.42 Å². The van der Waals surface area contributed by atoms with Crippen molar-refractivity contribution in [1.29, 1.82) is 5.26 Å². The first-order valence-electron chi connectivity index (χ1n) is 5.90. The molecule has 0 atom stereocenters. The molecule has 0 aliphatic carbocycles. The maximum Gasteiger partial charge on any atom is 0.241 e. The lowest BCUT2D eigenvalue weighted by atomic mass is 10.2. The maximum absolute atomic E-state index is 12.1. The van der Waals surface area contributed by atoms with Crippen LogP contribution in [0.1, 0.15) is 5.56 Å². The third-order valence-corrected chi connectivity index (χ3v) is 4.17. The van der Waals surface area contributed by atoms with E-state index in [1.807, 2.05) is 6.07 Å². The minimum Gasteiger partial charge on any atom is -0.383 e. The van der Waals surface area contributed by atoms with Crippen LogP contribution in [0.5, 0.6) is 0 Å². The molecule has 0 bridgehead atoms. The summed E-state index contributed by atoms with van der Waals surface area (Å²) in [6, 6.07) is 5.96. The van der Waals surface area contributed by atoms with Gasteiger partial charge in [-0.1, -0.05) is 11.6 Å². The van der Waals surface area contributed by atoms with Crippen LogP contribution in [0.2, 0.25) is 5.02 Å². The average Bonchev–Trinajstić information content (AvgIpc) is 2.42. The molecule has 0 saturated carbocycles. The summed E-state index contributed by atoms with van der Waals surface area (Å²) in [6.45, 7) is 1.87. The second-order valence-electron chi connectivity index (χ2n) is 3.89. The number of methoxy groups -OCH3 is 1. The third kappa shape index (κ3) is 5.07. The largest absolute Gasteiger partial charge is 0.383 e. The summed E-state index contributed by atoms with van der Waals surface area (Å²) in [5.74, 6) is 0. The van der Waals surface area contributed by atoms with Gasteiger partial charge in [-0.3, -0.25) is 0 Å². The first-order valence-corrected chi connectivity index (χ1v) is 7.76. The Hall–Kier alpha value is -1.17. The van der Waals surface area contributed by atoms with Gasteiger partial charge in [0.05, 0.1) is 12.2 Å². The van der Waals surface area contributed by atoms with Gasteiger partial charge in [-0.2, -0.15) is 5.26 Å². The van der Waals surface area contributed by atoms with Crippen molar-refractivity contribution in [3.63, 3.8) is 0 Å². The van der Waals surface area contributed by atoms with Gasteiger partial charge in [-0.05, 0) is 18.2 Å². The molecule has 1 aromatic carbocycles. The standard InChI is InChI=1S/C12H16ClN3O3S/c1-19-7-6-15-4-5-16-20(17,18)12-8-11(13)3-2-10(12)9-14/h2-3,8,15-16H,4-7H2,1H3. The van der Waals surface area contributed by atoms with E-state index in [-0.39, 0.29) is 22.0 Å². The molecule has 20 heavy (non-hydrogen) atoms. The van der Waals surface area contributed by atoms with Crippen LogP contribution in [-0.4, -0.2) is 41.8 Å². The number of benzene rings is 1. The van der Waals surface area contributed by atoms with Crippen molar-refractivity contribution in [2.24, 2.45) is 0 Å². The smallest absolute Gasteiger partial charge is 0.241 e. The Morgan fingerprint density at radius 3 is 2.75 bits per heavy atom. The summed E-state index contributed by atoms with van der Waals surface area (Å²) in [5.41, 5.74) is 0.0641. The number of halogens is 1. The lowest BCUT2D eigenvalue weighted by molar-refractivity contribution is 0.199. The van der Waals surface area contributed by atoms with Gasteiger partial charge in [0.25, 0.3) is 0 Å². The number of ether oxygens (including phenoxy) is 1. The van der Waals surface area contributed by atoms with Crippen molar-refractivity contribution in [2.45, 2.75) is 4.90 Å². The minimum absolute atomic E-state index is 0.0641. The molecule has 6 nitrogen and oxygen atoms in total. The predicted molar refractivity (Wildman–Crippen MR) is 76.1 cm³/mol. The van der Waals surface area contributed by atoms with Gasteiger partial charge in [-0.15, -0.1) is 0 Å². The molecule has 8 heteroatoms. The Morgan fingerprint density at radius 1 is 1.35 bits per heavy atom. The van der Waals surface area contributed by atoms with Crippen LogP contribution < -0.4 is 10.0 Å². The lowest BCUT2D eigenvalue weighted by Crippen LogP contribution is -2.33. The maximum atomic E-state index is 12.1. The molecule has 0 radical (unpaired) electrons. The highest BCUT2D eigenvalue weighted by molar-refractivity contribution is 7.89. The van der Waals surface area contributed by atoms with E-state index in [0.717, 1.165) is 0 Å². The molecule has 2 N–H and O–H groups in total. The quantitative estimate of drug-likeness (QED) is 0.690. The van der Waals surface area contributed by atoms with E-state index < -0.39 is 10.0 Å². The molecule has 0 aromatic heterocycles. The molecule has 0 aliphatic rings. The van der Waals surface area contributed by atoms with E-state index in [1.54, 1.807) is 7.11 Å². The first-order chi connectivity index (χ1) is 9.51. The lowest BCUT2D eigenvalue weighted by Gasteiger charge is -2.09. The van der Waals surface area contributed by atoms with Crippen molar-refractivity contribution >= 4 is 21.6 Å². The molecular formula is C12H16ClN3O3S. The summed E-state index contributed by atoms with van der Waals surface area (Å²) < 4.78 is 31.4. The number of hydrogen-bond acceptors (Lipinski definition) is 5. The summed E-state index contributed by atoms with van der Waals surface area (Å²) in [4.78, 5) is -0.107. The third-order valence-electron chi connectivity index (χ3n) is 2.43. The molecule has 110 valence electrons. The molecule has 0 saturated heterocycles. The molecule has 0 spiro atoms. The predicted octanol–water partition coefficient (Wildman–Crippen LogP) is 0.726. The fourth-order valence-corrected chi connectivity index (χ4v) is 2.91. The van der Waals surface area contributed by atoms with E-state index in [1.165, 1.54) is 18.2 Å². The van der Waals surface area contributed by atoms with Gasteiger partial charge in [0.1, 0.15) is 11.0 Å². The zero-order valence-corrected chi connectivity index (χ0v) is 12.6. The van der Waals surface area contributed by atoms with Crippen molar-refractivity contribution < 1.29 is 13.2 Å².